The van der Waals surface area contributed by atoms with Crippen LogP contribution < -0.4 is 10.2 Å². The fraction of sp³-hybridized carbons (Fsp3) is 0.263. The van der Waals surface area contributed by atoms with Crippen LogP contribution in [0.4, 0.5) is 5.82 Å². The molecule has 0 radical (unpaired) electrons. The Morgan fingerprint density at radius 1 is 1.12 bits per heavy atom. The molecular weight excluding hydrogens is 314 g/mol. The van der Waals surface area contributed by atoms with E-state index in [2.05, 4.69) is 15.3 Å². The lowest BCUT2D eigenvalue weighted by molar-refractivity contribution is -0.119. The highest BCUT2D eigenvalue weighted by atomic mass is 16.2. The van der Waals surface area contributed by atoms with Gasteiger partial charge in [-0.15, -0.1) is 0 Å². The first kappa shape index (κ1) is 16.8. The molecule has 0 saturated heterocycles. The summed E-state index contributed by atoms with van der Waals surface area (Å²) in [6.45, 7) is 5.47. The van der Waals surface area contributed by atoms with E-state index in [-0.39, 0.29) is 12.5 Å². The number of carbonyl (C=O) groups is 1. The number of nitrogens with one attached hydrogen (secondary N) is 1. The van der Waals surface area contributed by atoms with Gasteiger partial charge in [0.25, 0.3) is 0 Å². The number of aromatic nitrogens is 3. The molecule has 0 aliphatic rings. The zero-order valence-corrected chi connectivity index (χ0v) is 14.4. The number of benzene rings is 1. The molecule has 6 nitrogen and oxygen atoms in total. The second-order valence-corrected chi connectivity index (χ2v) is 5.60. The second-order valence-electron chi connectivity index (χ2n) is 5.60. The number of likely N-dealkylation sites (N-methyl/N-ethyl adjacent to an activating group) is 2. The van der Waals surface area contributed by atoms with Crippen molar-refractivity contribution < 1.29 is 4.79 Å². The van der Waals surface area contributed by atoms with Gasteiger partial charge in [-0.25, -0.2) is 9.97 Å². The van der Waals surface area contributed by atoms with Crippen LogP contribution in [-0.2, 0) is 4.79 Å². The van der Waals surface area contributed by atoms with Gasteiger partial charge < -0.3 is 10.2 Å². The number of nitrogens with zero attached hydrogens (tertiary/aromatic N) is 4. The van der Waals surface area contributed by atoms with Gasteiger partial charge in [0, 0.05) is 36.4 Å². The highest BCUT2D eigenvalue weighted by Gasteiger charge is 2.16. The van der Waals surface area contributed by atoms with Crippen LogP contribution in [0.5, 0.6) is 0 Å². The molecule has 0 saturated carbocycles. The molecule has 0 aliphatic heterocycles. The molecule has 1 aromatic carbocycles. The first-order valence-electron chi connectivity index (χ1n) is 8.41. The van der Waals surface area contributed by atoms with Crippen LogP contribution in [0.15, 0.2) is 48.8 Å². The van der Waals surface area contributed by atoms with Crippen molar-refractivity contribution in [3.05, 3.63) is 48.8 Å². The maximum atomic E-state index is 12.1. The summed E-state index contributed by atoms with van der Waals surface area (Å²) in [5, 5.41) is 3.77. The van der Waals surface area contributed by atoms with E-state index in [0.717, 1.165) is 22.3 Å². The van der Waals surface area contributed by atoms with Gasteiger partial charge in [0.2, 0.25) is 5.91 Å². The number of pyridine rings is 1. The number of hydrogen-bond acceptors (Lipinski definition) is 5. The predicted molar refractivity (Wildman–Crippen MR) is 99.3 cm³/mol. The topological polar surface area (TPSA) is 71.0 Å². The minimum atomic E-state index is -0.0185. The second kappa shape index (κ2) is 7.70. The van der Waals surface area contributed by atoms with E-state index < -0.39 is 0 Å². The maximum Gasteiger partial charge on any atom is 0.239 e. The summed E-state index contributed by atoms with van der Waals surface area (Å²) in [5.74, 6) is 1.35. The highest BCUT2D eigenvalue weighted by molar-refractivity contribution is 5.93. The predicted octanol–water partition coefficient (Wildman–Crippen LogP) is 2.65. The summed E-state index contributed by atoms with van der Waals surface area (Å²) < 4.78 is 0. The Bertz CT molecular complexity index is 866. The molecule has 3 aromatic rings. The highest BCUT2D eigenvalue weighted by Crippen LogP contribution is 2.27. The van der Waals surface area contributed by atoms with Crippen molar-refractivity contribution in [2.24, 2.45) is 0 Å². The van der Waals surface area contributed by atoms with Crippen molar-refractivity contribution in [2.75, 3.05) is 24.5 Å². The first-order chi connectivity index (χ1) is 12.2. The van der Waals surface area contributed by atoms with Crippen LogP contribution in [0.2, 0.25) is 0 Å². The summed E-state index contributed by atoms with van der Waals surface area (Å²) in [5.41, 5.74) is 1.70. The van der Waals surface area contributed by atoms with Crippen molar-refractivity contribution in [2.45, 2.75) is 13.8 Å². The molecule has 1 N–H and O–H groups in total. The molecular formula is C19H21N5O. The Morgan fingerprint density at radius 3 is 2.68 bits per heavy atom. The van der Waals surface area contributed by atoms with Gasteiger partial charge >= 0.3 is 0 Å². The molecule has 0 unspecified atom stereocenters. The van der Waals surface area contributed by atoms with E-state index in [4.69, 9.17) is 4.98 Å². The number of carbonyl (C=O) groups excluding carboxylic acids is 1. The van der Waals surface area contributed by atoms with E-state index >= 15 is 0 Å². The van der Waals surface area contributed by atoms with Crippen molar-refractivity contribution >= 4 is 22.6 Å². The Balaban J connectivity index is 2.10. The fourth-order valence-corrected chi connectivity index (χ4v) is 2.69. The molecule has 1 amide bonds. The molecule has 128 valence electrons. The fourth-order valence-electron chi connectivity index (χ4n) is 2.69. The van der Waals surface area contributed by atoms with Gasteiger partial charge in [0.1, 0.15) is 5.82 Å². The molecule has 0 atom stereocenters. The van der Waals surface area contributed by atoms with Gasteiger partial charge in [-0.1, -0.05) is 12.1 Å². The van der Waals surface area contributed by atoms with Gasteiger partial charge in [-0.05, 0) is 38.1 Å². The third kappa shape index (κ3) is 3.74. The molecule has 3 rings (SSSR count). The Morgan fingerprint density at radius 2 is 1.96 bits per heavy atom. The number of fused-ring (bicyclic) bond motifs is 1. The van der Waals surface area contributed by atoms with Crippen LogP contribution in [0, 0.1) is 0 Å². The third-order valence-electron chi connectivity index (χ3n) is 3.89. The Labute approximate surface area is 146 Å². The number of hydrogen-bond donors (Lipinski definition) is 1. The first-order valence-corrected chi connectivity index (χ1v) is 8.41. The molecule has 0 bridgehead atoms. The molecule has 0 aliphatic carbocycles. The Kier molecular flexibility index (Phi) is 5.18. The van der Waals surface area contributed by atoms with Crippen molar-refractivity contribution in [1.82, 2.24) is 20.3 Å². The number of amides is 1. The quantitative estimate of drug-likeness (QED) is 0.750. The van der Waals surface area contributed by atoms with E-state index in [1.807, 2.05) is 55.1 Å². The van der Waals surface area contributed by atoms with Crippen LogP contribution in [0.25, 0.3) is 22.3 Å². The average Bonchev–Trinajstić information content (AvgIpc) is 2.66. The summed E-state index contributed by atoms with van der Waals surface area (Å²) in [4.78, 5) is 27.6. The normalized spacial score (nSPS) is 10.6. The van der Waals surface area contributed by atoms with E-state index in [0.29, 0.717) is 18.9 Å². The van der Waals surface area contributed by atoms with Crippen LogP contribution in [-0.4, -0.2) is 40.5 Å². The molecule has 6 heteroatoms. The lowest BCUT2D eigenvalue weighted by Crippen LogP contribution is -2.37. The van der Waals surface area contributed by atoms with Crippen molar-refractivity contribution in [3.63, 3.8) is 0 Å². The monoisotopic (exact) mass is 335 g/mol. The van der Waals surface area contributed by atoms with Crippen LogP contribution in [0.1, 0.15) is 13.8 Å². The maximum absolute atomic E-state index is 12.1. The van der Waals surface area contributed by atoms with E-state index in [1.165, 1.54) is 0 Å². The largest absolute Gasteiger partial charge is 0.355 e. The smallest absolute Gasteiger partial charge is 0.239 e. The van der Waals surface area contributed by atoms with Gasteiger partial charge in [-0.3, -0.25) is 9.78 Å². The summed E-state index contributed by atoms with van der Waals surface area (Å²) >= 11 is 0. The van der Waals surface area contributed by atoms with Crippen LogP contribution >= 0.6 is 0 Å². The van der Waals surface area contributed by atoms with E-state index in [9.17, 15) is 4.79 Å². The molecule has 0 spiro atoms. The SMILES string of the molecule is CCNC(=O)CN(CC)c1nc(-c2cccnc2)nc2ccccc12. The molecule has 25 heavy (non-hydrogen) atoms. The lowest BCUT2D eigenvalue weighted by Gasteiger charge is -2.23. The van der Waals surface area contributed by atoms with Crippen LogP contribution in [0.3, 0.4) is 0 Å². The van der Waals surface area contributed by atoms with E-state index in [1.54, 1.807) is 12.4 Å². The summed E-state index contributed by atoms with van der Waals surface area (Å²) in [6.07, 6.45) is 3.47. The van der Waals surface area contributed by atoms with Crippen molar-refractivity contribution in [3.8, 4) is 11.4 Å². The van der Waals surface area contributed by atoms with Crippen molar-refractivity contribution in [1.29, 1.82) is 0 Å². The van der Waals surface area contributed by atoms with Gasteiger partial charge in [-0.2, -0.15) is 0 Å². The third-order valence-corrected chi connectivity index (χ3v) is 3.89. The number of rotatable bonds is 6. The minimum Gasteiger partial charge on any atom is -0.355 e. The minimum absolute atomic E-state index is 0.0185. The number of para-hydroxylation sites is 1. The standard InChI is InChI=1S/C19H21N5O/c1-3-21-17(25)13-24(4-2)19-15-9-5-6-10-16(15)22-18(23-19)14-8-7-11-20-12-14/h5-12H,3-4,13H2,1-2H3,(H,21,25). The molecule has 2 heterocycles. The van der Waals surface area contributed by atoms with Gasteiger partial charge in [0.15, 0.2) is 5.82 Å². The zero-order chi connectivity index (χ0) is 17.6. The van der Waals surface area contributed by atoms with Gasteiger partial charge in [0.05, 0.1) is 12.1 Å². The Hall–Kier alpha value is -3.02. The zero-order valence-electron chi connectivity index (χ0n) is 14.4. The summed E-state index contributed by atoms with van der Waals surface area (Å²) in [6, 6.07) is 11.6. The molecule has 2 aromatic heterocycles. The number of anilines is 1. The molecule has 0 fully saturated rings. The lowest BCUT2D eigenvalue weighted by atomic mass is 10.2. The average molecular weight is 335 g/mol. The summed E-state index contributed by atoms with van der Waals surface area (Å²) in [7, 11) is 0.